The number of nitrogens with two attached hydrogens (primary N) is 1. The minimum atomic E-state index is -0.0947. The quantitative estimate of drug-likeness (QED) is 0.905. The van der Waals surface area contributed by atoms with Crippen LogP contribution in [0.2, 0.25) is 0 Å². The van der Waals surface area contributed by atoms with Gasteiger partial charge in [-0.15, -0.1) is 0 Å². The topological polar surface area (TPSA) is 55.1 Å². The summed E-state index contributed by atoms with van der Waals surface area (Å²) >= 11 is 0. The number of hydrogen-bond donors (Lipinski definition) is 2. The van der Waals surface area contributed by atoms with Crippen molar-refractivity contribution in [3.8, 4) is 0 Å². The molecule has 0 spiro atoms. The number of amides is 1. The lowest BCUT2D eigenvalue weighted by molar-refractivity contribution is -0.125. The Hall–Kier alpha value is -1.87. The van der Waals surface area contributed by atoms with Crippen molar-refractivity contribution in [1.82, 2.24) is 5.32 Å². The normalized spacial score (nSPS) is 17.0. The van der Waals surface area contributed by atoms with Crippen LogP contribution in [-0.4, -0.2) is 12.5 Å². The molecular weight excluding hydrogens is 260 g/mol. The summed E-state index contributed by atoms with van der Waals surface area (Å²) in [5.74, 6) is 0.343. The van der Waals surface area contributed by atoms with Crippen LogP contribution in [0.4, 0.5) is 0 Å². The second kappa shape index (κ2) is 6.27. The zero-order valence-electron chi connectivity index (χ0n) is 12.2. The van der Waals surface area contributed by atoms with Gasteiger partial charge in [-0.1, -0.05) is 49.2 Å². The van der Waals surface area contributed by atoms with Crippen molar-refractivity contribution >= 4 is 16.7 Å². The van der Waals surface area contributed by atoms with Gasteiger partial charge < -0.3 is 11.1 Å². The standard InChI is InChI=1S/C18H22N2O/c19-12-17(20-18(21)14-6-2-3-7-14)16-10-9-13-5-1-4-8-15(13)11-16/h1,4-5,8-11,14,17H,2-3,6-7,12,19H2,(H,20,21). The molecule has 3 N–H and O–H groups in total. The first kappa shape index (κ1) is 14.1. The monoisotopic (exact) mass is 282 g/mol. The Labute approximate surface area is 125 Å². The Morgan fingerprint density at radius 2 is 1.86 bits per heavy atom. The van der Waals surface area contributed by atoms with Gasteiger partial charge in [0, 0.05) is 12.5 Å². The Kier molecular flexibility index (Phi) is 4.20. The molecule has 1 unspecified atom stereocenters. The van der Waals surface area contributed by atoms with Crippen molar-refractivity contribution < 1.29 is 4.79 Å². The maximum atomic E-state index is 12.3. The number of carbonyl (C=O) groups excluding carboxylic acids is 1. The highest BCUT2D eigenvalue weighted by Gasteiger charge is 2.24. The molecule has 2 aromatic carbocycles. The Morgan fingerprint density at radius 1 is 1.14 bits per heavy atom. The fraction of sp³-hybridized carbons (Fsp3) is 0.389. The molecule has 3 heteroatoms. The summed E-state index contributed by atoms with van der Waals surface area (Å²) in [7, 11) is 0. The predicted octanol–water partition coefficient (Wildman–Crippen LogP) is 3.15. The van der Waals surface area contributed by atoms with E-state index in [0.717, 1.165) is 18.4 Å². The highest BCUT2D eigenvalue weighted by atomic mass is 16.1. The van der Waals surface area contributed by atoms with Crippen LogP contribution in [-0.2, 0) is 4.79 Å². The molecule has 1 amide bonds. The van der Waals surface area contributed by atoms with Crippen LogP contribution < -0.4 is 11.1 Å². The maximum absolute atomic E-state index is 12.3. The molecule has 0 aromatic heterocycles. The van der Waals surface area contributed by atoms with E-state index in [-0.39, 0.29) is 17.9 Å². The van der Waals surface area contributed by atoms with E-state index in [1.165, 1.54) is 23.6 Å². The van der Waals surface area contributed by atoms with E-state index in [1.54, 1.807) is 0 Å². The highest BCUT2D eigenvalue weighted by molar-refractivity contribution is 5.83. The smallest absolute Gasteiger partial charge is 0.223 e. The number of carbonyl (C=O) groups is 1. The molecule has 0 radical (unpaired) electrons. The molecule has 1 saturated carbocycles. The lowest BCUT2D eigenvalue weighted by atomic mass is 10.0. The predicted molar refractivity (Wildman–Crippen MR) is 85.8 cm³/mol. The summed E-state index contributed by atoms with van der Waals surface area (Å²) in [6.07, 6.45) is 4.37. The molecule has 0 heterocycles. The number of fused-ring (bicyclic) bond motifs is 1. The van der Waals surface area contributed by atoms with Gasteiger partial charge in [0.15, 0.2) is 0 Å². The molecule has 1 atom stereocenters. The summed E-state index contributed by atoms with van der Waals surface area (Å²) in [6, 6.07) is 14.4. The van der Waals surface area contributed by atoms with Crippen molar-refractivity contribution in [3.63, 3.8) is 0 Å². The van der Waals surface area contributed by atoms with Gasteiger partial charge in [0.05, 0.1) is 6.04 Å². The average Bonchev–Trinajstić information content (AvgIpc) is 3.06. The molecule has 3 nitrogen and oxygen atoms in total. The lowest BCUT2D eigenvalue weighted by Gasteiger charge is -2.20. The average molecular weight is 282 g/mol. The third-order valence-corrected chi connectivity index (χ3v) is 4.45. The van der Waals surface area contributed by atoms with Crippen LogP contribution >= 0.6 is 0 Å². The van der Waals surface area contributed by atoms with Gasteiger partial charge in [0.25, 0.3) is 0 Å². The van der Waals surface area contributed by atoms with Crippen LogP contribution in [0.15, 0.2) is 42.5 Å². The second-order valence-electron chi connectivity index (χ2n) is 5.88. The molecule has 0 aliphatic heterocycles. The fourth-order valence-corrected chi connectivity index (χ4v) is 3.18. The van der Waals surface area contributed by atoms with Gasteiger partial charge in [-0.3, -0.25) is 4.79 Å². The molecule has 0 bridgehead atoms. The van der Waals surface area contributed by atoms with Crippen LogP contribution in [0.5, 0.6) is 0 Å². The first-order valence-electron chi connectivity index (χ1n) is 7.77. The largest absolute Gasteiger partial charge is 0.348 e. The first-order chi connectivity index (χ1) is 10.3. The summed E-state index contributed by atoms with van der Waals surface area (Å²) in [4.78, 5) is 12.3. The first-order valence-corrected chi connectivity index (χ1v) is 7.77. The number of nitrogens with one attached hydrogen (secondary N) is 1. The molecular formula is C18H22N2O. The molecule has 1 aliphatic carbocycles. The van der Waals surface area contributed by atoms with Crippen molar-refractivity contribution in [1.29, 1.82) is 0 Å². The van der Waals surface area contributed by atoms with Crippen molar-refractivity contribution in [3.05, 3.63) is 48.0 Å². The summed E-state index contributed by atoms with van der Waals surface area (Å²) in [5.41, 5.74) is 6.97. The molecule has 0 saturated heterocycles. The van der Waals surface area contributed by atoms with Crippen LogP contribution in [0.3, 0.4) is 0 Å². The summed E-state index contributed by atoms with van der Waals surface area (Å²) in [6.45, 7) is 0.427. The van der Waals surface area contributed by atoms with Crippen LogP contribution in [0.1, 0.15) is 37.3 Å². The van der Waals surface area contributed by atoms with Gasteiger partial charge in [-0.05, 0) is 35.2 Å². The second-order valence-corrected chi connectivity index (χ2v) is 5.88. The van der Waals surface area contributed by atoms with Crippen molar-refractivity contribution in [2.75, 3.05) is 6.54 Å². The van der Waals surface area contributed by atoms with Gasteiger partial charge in [0.2, 0.25) is 5.91 Å². The molecule has 110 valence electrons. The maximum Gasteiger partial charge on any atom is 0.223 e. The molecule has 21 heavy (non-hydrogen) atoms. The zero-order valence-corrected chi connectivity index (χ0v) is 12.2. The van der Waals surface area contributed by atoms with E-state index in [2.05, 4.69) is 35.6 Å². The fourth-order valence-electron chi connectivity index (χ4n) is 3.18. The minimum absolute atomic E-state index is 0.0947. The summed E-state index contributed by atoms with van der Waals surface area (Å²) < 4.78 is 0. The molecule has 2 aromatic rings. The number of rotatable bonds is 4. The van der Waals surface area contributed by atoms with E-state index in [9.17, 15) is 4.79 Å². The van der Waals surface area contributed by atoms with Gasteiger partial charge in [-0.25, -0.2) is 0 Å². The van der Waals surface area contributed by atoms with Crippen molar-refractivity contribution in [2.45, 2.75) is 31.7 Å². The van der Waals surface area contributed by atoms with E-state index in [4.69, 9.17) is 5.73 Å². The number of hydrogen-bond acceptors (Lipinski definition) is 2. The van der Waals surface area contributed by atoms with E-state index < -0.39 is 0 Å². The van der Waals surface area contributed by atoms with Gasteiger partial charge in [0.1, 0.15) is 0 Å². The van der Waals surface area contributed by atoms with E-state index in [1.807, 2.05) is 12.1 Å². The Balaban J connectivity index is 1.78. The van der Waals surface area contributed by atoms with E-state index >= 15 is 0 Å². The van der Waals surface area contributed by atoms with Crippen molar-refractivity contribution in [2.24, 2.45) is 11.7 Å². The SMILES string of the molecule is NCC(NC(=O)C1CCCC1)c1ccc2ccccc2c1. The lowest BCUT2D eigenvalue weighted by Crippen LogP contribution is -2.36. The zero-order chi connectivity index (χ0) is 14.7. The van der Waals surface area contributed by atoms with Crippen LogP contribution in [0.25, 0.3) is 10.8 Å². The third kappa shape index (κ3) is 3.08. The van der Waals surface area contributed by atoms with Gasteiger partial charge in [-0.2, -0.15) is 0 Å². The molecule has 1 aliphatic rings. The third-order valence-electron chi connectivity index (χ3n) is 4.45. The molecule has 1 fully saturated rings. The molecule has 3 rings (SSSR count). The van der Waals surface area contributed by atoms with E-state index in [0.29, 0.717) is 6.54 Å². The van der Waals surface area contributed by atoms with Crippen LogP contribution in [0, 0.1) is 5.92 Å². The number of benzene rings is 2. The summed E-state index contributed by atoms with van der Waals surface area (Å²) in [5, 5.41) is 5.52. The Bertz CT molecular complexity index is 632. The van der Waals surface area contributed by atoms with Gasteiger partial charge >= 0.3 is 0 Å². The minimum Gasteiger partial charge on any atom is -0.348 e. The highest BCUT2D eigenvalue weighted by Crippen LogP contribution is 2.26. The Morgan fingerprint density at radius 3 is 2.57 bits per heavy atom.